The molecule has 3 heterocycles. The summed E-state index contributed by atoms with van der Waals surface area (Å²) in [6.45, 7) is 3.58. The number of fused-ring (bicyclic) bond motifs is 1. The fourth-order valence-corrected chi connectivity index (χ4v) is 9.14. The zero-order chi connectivity index (χ0) is 23.2. The van der Waals surface area contributed by atoms with Crippen molar-refractivity contribution in [3.8, 4) is 0 Å². The quantitative estimate of drug-likeness (QED) is 0.404. The molecule has 0 saturated carbocycles. The van der Waals surface area contributed by atoms with Crippen molar-refractivity contribution in [2.75, 3.05) is 18.5 Å². The number of ether oxygens (including phenoxy) is 1. The first-order valence-electron chi connectivity index (χ1n) is 10.8. The number of carbonyl (C=O) groups is 3. The zero-order valence-corrected chi connectivity index (χ0v) is 21.0. The van der Waals surface area contributed by atoms with Crippen molar-refractivity contribution in [3.05, 3.63) is 29.3 Å². The molecule has 1 spiro atoms. The average Bonchev–Trinajstić information content (AvgIpc) is 3.35. The van der Waals surface area contributed by atoms with Crippen LogP contribution in [-0.4, -0.2) is 67.9 Å². The van der Waals surface area contributed by atoms with Crippen molar-refractivity contribution in [2.24, 2.45) is 11.8 Å². The first-order valence-corrected chi connectivity index (χ1v) is 12.9. The van der Waals surface area contributed by atoms with Crippen LogP contribution in [0.15, 0.2) is 24.3 Å². The fourth-order valence-electron chi connectivity index (χ4n) is 5.43. The highest BCUT2D eigenvalue weighted by atomic mass is 79.9. The molecular formula is C22H26BrClN2O5S. The summed E-state index contributed by atoms with van der Waals surface area (Å²) in [6, 6.07) is 5.43. The predicted molar refractivity (Wildman–Crippen MR) is 127 cm³/mol. The summed E-state index contributed by atoms with van der Waals surface area (Å²) in [6.07, 6.45) is 1.07. The maximum absolute atomic E-state index is 13.7. The maximum Gasteiger partial charge on any atom is 0.310 e. The highest BCUT2D eigenvalue weighted by Gasteiger charge is 2.76. The summed E-state index contributed by atoms with van der Waals surface area (Å²) in [5, 5.41) is 13.3. The number of aliphatic hydroxyl groups is 1. The number of nitrogens with one attached hydrogen (secondary N) is 1. The molecule has 2 amide bonds. The number of hydrogen-bond acceptors (Lipinski definition) is 6. The Kier molecular flexibility index (Phi) is 6.83. The van der Waals surface area contributed by atoms with Gasteiger partial charge in [0.15, 0.2) is 0 Å². The molecule has 0 aliphatic carbocycles. The second kappa shape index (κ2) is 9.16. The lowest BCUT2D eigenvalue weighted by molar-refractivity contribution is -0.154. The van der Waals surface area contributed by atoms with E-state index in [1.807, 2.05) is 6.92 Å². The molecule has 174 valence electrons. The molecule has 7 atom stereocenters. The van der Waals surface area contributed by atoms with E-state index in [-0.39, 0.29) is 35.1 Å². The molecule has 32 heavy (non-hydrogen) atoms. The smallest absolute Gasteiger partial charge is 0.310 e. The van der Waals surface area contributed by atoms with Crippen molar-refractivity contribution in [1.29, 1.82) is 0 Å². The van der Waals surface area contributed by atoms with Gasteiger partial charge >= 0.3 is 5.97 Å². The molecule has 3 unspecified atom stereocenters. The summed E-state index contributed by atoms with van der Waals surface area (Å²) in [5.74, 6) is -2.27. The lowest BCUT2D eigenvalue weighted by Gasteiger charge is -2.37. The Hall–Kier alpha value is -1.29. The number of carbonyl (C=O) groups excluding carboxylic acids is 3. The van der Waals surface area contributed by atoms with E-state index in [9.17, 15) is 19.5 Å². The number of benzene rings is 1. The molecule has 4 rings (SSSR count). The van der Waals surface area contributed by atoms with Gasteiger partial charge in [-0.05, 0) is 44.0 Å². The molecule has 0 aromatic heterocycles. The van der Waals surface area contributed by atoms with Gasteiger partial charge in [0, 0.05) is 20.8 Å². The fraction of sp³-hybridized carbons (Fsp3) is 0.591. The Morgan fingerprint density at radius 2 is 2.06 bits per heavy atom. The van der Waals surface area contributed by atoms with Crippen LogP contribution < -0.4 is 5.32 Å². The van der Waals surface area contributed by atoms with Gasteiger partial charge in [-0.2, -0.15) is 0 Å². The van der Waals surface area contributed by atoms with Crippen LogP contribution in [0.4, 0.5) is 5.69 Å². The van der Waals surface area contributed by atoms with Gasteiger partial charge in [-0.3, -0.25) is 14.4 Å². The Morgan fingerprint density at radius 1 is 1.38 bits per heavy atom. The maximum atomic E-state index is 13.7. The highest BCUT2D eigenvalue weighted by molar-refractivity contribution is 9.09. The summed E-state index contributed by atoms with van der Waals surface area (Å²) in [5.41, 5.74) is 0.568. The van der Waals surface area contributed by atoms with E-state index >= 15 is 0 Å². The number of esters is 1. The molecule has 3 aliphatic rings. The van der Waals surface area contributed by atoms with Crippen LogP contribution in [0, 0.1) is 11.8 Å². The Morgan fingerprint density at radius 3 is 2.66 bits per heavy atom. The van der Waals surface area contributed by atoms with Gasteiger partial charge in [0.1, 0.15) is 6.04 Å². The van der Waals surface area contributed by atoms with E-state index in [4.69, 9.17) is 16.3 Å². The van der Waals surface area contributed by atoms with E-state index in [0.29, 0.717) is 23.6 Å². The molecule has 7 nitrogen and oxygen atoms in total. The van der Waals surface area contributed by atoms with Gasteiger partial charge in [-0.1, -0.05) is 34.5 Å². The minimum atomic E-state index is -0.817. The van der Waals surface area contributed by atoms with Crippen LogP contribution in [0.2, 0.25) is 5.02 Å². The second-order valence-electron chi connectivity index (χ2n) is 8.40. The molecule has 1 aromatic carbocycles. The van der Waals surface area contributed by atoms with E-state index < -0.39 is 34.6 Å². The monoisotopic (exact) mass is 544 g/mol. The predicted octanol–water partition coefficient (Wildman–Crippen LogP) is 3.08. The van der Waals surface area contributed by atoms with Gasteiger partial charge in [-0.25, -0.2) is 0 Å². The summed E-state index contributed by atoms with van der Waals surface area (Å²) >= 11 is 11.2. The third kappa shape index (κ3) is 3.65. The van der Waals surface area contributed by atoms with Crippen LogP contribution >= 0.6 is 39.3 Å². The summed E-state index contributed by atoms with van der Waals surface area (Å²) < 4.78 is 4.55. The Balaban J connectivity index is 1.75. The van der Waals surface area contributed by atoms with Gasteiger partial charge in [0.05, 0.1) is 35.8 Å². The van der Waals surface area contributed by atoms with Crippen molar-refractivity contribution in [2.45, 2.75) is 53.6 Å². The van der Waals surface area contributed by atoms with Gasteiger partial charge in [-0.15, -0.1) is 11.8 Å². The SMILES string of the molecule is CCOC(=O)[C@H]1[C@H]2C(=O)N([C@@H](CC)CO)C(C(=O)Nc3ccc(Cl)cc3)C23CC(Br)[C@@H]1S3. The van der Waals surface area contributed by atoms with Crippen molar-refractivity contribution in [3.63, 3.8) is 0 Å². The van der Waals surface area contributed by atoms with Crippen molar-refractivity contribution < 1.29 is 24.2 Å². The summed E-state index contributed by atoms with van der Waals surface area (Å²) in [7, 11) is 0. The van der Waals surface area contributed by atoms with Crippen LogP contribution in [0.5, 0.6) is 0 Å². The van der Waals surface area contributed by atoms with E-state index in [1.54, 1.807) is 43.0 Å². The van der Waals surface area contributed by atoms with Crippen molar-refractivity contribution >= 4 is 62.8 Å². The van der Waals surface area contributed by atoms with E-state index in [2.05, 4.69) is 21.2 Å². The number of halogens is 2. The van der Waals surface area contributed by atoms with E-state index in [1.165, 1.54) is 4.90 Å². The number of alkyl halides is 1. The topological polar surface area (TPSA) is 95.9 Å². The number of hydrogen-bond donors (Lipinski definition) is 2. The Bertz CT molecular complexity index is 914. The third-order valence-corrected chi connectivity index (χ3v) is 10.2. The normalized spacial score (nSPS) is 33.8. The van der Waals surface area contributed by atoms with Gasteiger partial charge < -0.3 is 20.1 Å². The number of likely N-dealkylation sites (tertiary alicyclic amines) is 1. The summed E-state index contributed by atoms with van der Waals surface area (Å²) in [4.78, 5) is 41.8. The van der Waals surface area contributed by atoms with Crippen LogP contribution in [0.3, 0.4) is 0 Å². The molecule has 2 N–H and O–H groups in total. The molecule has 0 radical (unpaired) electrons. The highest BCUT2D eigenvalue weighted by Crippen LogP contribution is 2.68. The standard InChI is InChI=1S/C22H26BrClN2O5S/c1-3-13(10-27)26-18(19(28)25-12-7-5-11(24)6-8-12)22-9-14(23)17(32-22)15(16(22)20(26)29)21(30)31-4-2/h5-8,13-18,27H,3-4,9-10H2,1-2H3,(H,25,28)/t13-,14?,15-,16-,17-,18?,22?/m0/s1. The van der Waals surface area contributed by atoms with Crippen LogP contribution in [-0.2, 0) is 19.1 Å². The number of thioether (sulfide) groups is 1. The lowest BCUT2D eigenvalue weighted by Crippen LogP contribution is -2.55. The lowest BCUT2D eigenvalue weighted by atomic mass is 9.71. The molecular weight excluding hydrogens is 520 g/mol. The average molecular weight is 546 g/mol. The third-order valence-electron chi connectivity index (χ3n) is 6.72. The number of nitrogens with zero attached hydrogens (tertiary/aromatic N) is 1. The number of aliphatic hydroxyl groups excluding tert-OH is 1. The molecule has 3 aliphatic heterocycles. The number of anilines is 1. The van der Waals surface area contributed by atoms with Crippen molar-refractivity contribution in [1.82, 2.24) is 4.90 Å². The molecule has 3 fully saturated rings. The molecule has 2 bridgehead atoms. The first-order chi connectivity index (χ1) is 15.3. The van der Waals surface area contributed by atoms with Crippen LogP contribution in [0.25, 0.3) is 0 Å². The zero-order valence-electron chi connectivity index (χ0n) is 17.8. The largest absolute Gasteiger partial charge is 0.466 e. The van der Waals surface area contributed by atoms with Crippen LogP contribution in [0.1, 0.15) is 26.7 Å². The first kappa shape index (κ1) is 23.9. The number of amides is 2. The van der Waals surface area contributed by atoms with E-state index in [0.717, 1.165) is 0 Å². The van der Waals surface area contributed by atoms with Gasteiger partial charge in [0.25, 0.3) is 0 Å². The second-order valence-corrected chi connectivity index (χ2v) is 11.6. The Labute approximate surface area is 204 Å². The minimum absolute atomic E-state index is 0.0223. The molecule has 3 saturated heterocycles. The molecule has 10 heteroatoms. The number of rotatable bonds is 7. The minimum Gasteiger partial charge on any atom is -0.466 e. The van der Waals surface area contributed by atoms with Gasteiger partial charge in [0.2, 0.25) is 11.8 Å². The molecule has 1 aromatic rings.